The highest BCUT2D eigenvalue weighted by atomic mass is 35.5. The van der Waals surface area contributed by atoms with E-state index in [-0.39, 0.29) is 15.8 Å². The molecule has 2 aromatic carbocycles. The summed E-state index contributed by atoms with van der Waals surface area (Å²) in [7, 11) is 0. The topological polar surface area (TPSA) is 84.2 Å². The number of phenolic OH excluding ortho intramolecular Hbond substituents is 1. The number of aryl methyl sites for hydroxylation is 1. The molecule has 0 saturated heterocycles. The number of rotatable bonds is 3. The molecule has 3 aromatic rings. The van der Waals surface area contributed by atoms with E-state index in [1.165, 1.54) is 24.4 Å². The van der Waals surface area contributed by atoms with Crippen molar-refractivity contribution in [2.75, 3.05) is 5.32 Å². The van der Waals surface area contributed by atoms with Gasteiger partial charge in [0.05, 0.1) is 22.6 Å². The summed E-state index contributed by atoms with van der Waals surface area (Å²) in [6.45, 7) is 1.85. The molecule has 132 valence electrons. The first kappa shape index (κ1) is 18.0. The molecule has 1 amide bonds. The smallest absolute Gasteiger partial charge is 0.291 e. The van der Waals surface area contributed by atoms with E-state index in [0.717, 1.165) is 10.2 Å². The molecule has 2 N–H and O–H groups in total. The van der Waals surface area contributed by atoms with Crippen molar-refractivity contribution in [2.24, 2.45) is 0 Å². The van der Waals surface area contributed by atoms with E-state index in [2.05, 4.69) is 10.4 Å². The average Bonchev–Trinajstić information content (AvgIpc) is 2.63. The van der Waals surface area contributed by atoms with Crippen LogP contribution in [-0.4, -0.2) is 20.8 Å². The summed E-state index contributed by atoms with van der Waals surface area (Å²) < 4.78 is 1.09. The molecular formula is C18H13Cl2N3O3. The zero-order valence-electron chi connectivity index (χ0n) is 13.5. The number of anilines is 1. The van der Waals surface area contributed by atoms with E-state index in [4.69, 9.17) is 23.2 Å². The van der Waals surface area contributed by atoms with E-state index in [1.807, 2.05) is 6.92 Å². The summed E-state index contributed by atoms with van der Waals surface area (Å²) in [6.07, 6.45) is 1.27. The maximum atomic E-state index is 12.3. The quantitative estimate of drug-likeness (QED) is 0.667. The Labute approximate surface area is 158 Å². The molecule has 1 heterocycles. The van der Waals surface area contributed by atoms with Crippen LogP contribution in [-0.2, 0) is 0 Å². The van der Waals surface area contributed by atoms with Crippen LogP contribution < -0.4 is 10.9 Å². The van der Waals surface area contributed by atoms with Crippen LogP contribution in [0, 0.1) is 6.92 Å². The molecule has 0 aliphatic carbocycles. The highest BCUT2D eigenvalue weighted by Crippen LogP contribution is 2.24. The Morgan fingerprint density at radius 3 is 2.54 bits per heavy atom. The molecule has 1 aromatic heterocycles. The van der Waals surface area contributed by atoms with E-state index in [0.29, 0.717) is 16.9 Å². The van der Waals surface area contributed by atoms with Gasteiger partial charge in [-0.05, 0) is 48.9 Å². The standard InChI is InChI=1S/C18H13Cl2N3O3/c1-10-2-7-15(24)14(8-10)22-17(25)11-3-5-12(6-4-11)23-18(26)16(20)13(19)9-21-23/h2-9,24H,1H3,(H,22,25). The number of nitrogens with zero attached hydrogens (tertiary/aromatic N) is 2. The summed E-state index contributed by atoms with van der Waals surface area (Å²) in [5.74, 6) is -0.418. The number of carbonyl (C=O) groups is 1. The SMILES string of the molecule is Cc1ccc(O)c(NC(=O)c2ccc(-n3ncc(Cl)c(Cl)c3=O)cc2)c1. The fraction of sp³-hybridized carbons (Fsp3) is 0.0556. The lowest BCUT2D eigenvalue weighted by atomic mass is 10.1. The Hall–Kier alpha value is -2.83. The van der Waals surface area contributed by atoms with Crippen molar-refractivity contribution in [1.82, 2.24) is 9.78 Å². The van der Waals surface area contributed by atoms with Gasteiger partial charge in [-0.25, -0.2) is 0 Å². The second-order valence-electron chi connectivity index (χ2n) is 5.55. The fourth-order valence-corrected chi connectivity index (χ4v) is 2.55. The van der Waals surface area contributed by atoms with Gasteiger partial charge in [0.1, 0.15) is 10.8 Å². The molecular weight excluding hydrogens is 377 g/mol. The number of nitrogens with one attached hydrogen (secondary N) is 1. The van der Waals surface area contributed by atoms with Crippen molar-refractivity contribution in [3.63, 3.8) is 0 Å². The van der Waals surface area contributed by atoms with E-state index < -0.39 is 11.5 Å². The van der Waals surface area contributed by atoms with Crippen molar-refractivity contribution < 1.29 is 9.90 Å². The minimum absolute atomic E-state index is 0.0212. The van der Waals surface area contributed by atoms with Gasteiger partial charge in [-0.1, -0.05) is 29.3 Å². The van der Waals surface area contributed by atoms with E-state index in [9.17, 15) is 14.7 Å². The Morgan fingerprint density at radius 1 is 1.15 bits per heavy atom. The zero-order valence-corrected chi connectivity index (χ0v) is 15.0. The van der Waals surface area contributed by atoms with Crippen molar-refractivity contribution >= 4 is 34.8 Å². The number of carbonyl (C=O) groups excluding carboxylic acids is 1. The number of phenols is 1. The van der Waals surface area contributed by atoms with Crippen molar-refractivity contribution in [3.8, 4) is 11.4 Å². The highest BCUT2D eigenvalue weighted by Gasteiger charge is 2.12. The third-order valence-electron chi connectivity index (χ3n) is 3.65. The highest BCUT2D eigenvalue weighted by molar-refractivity contribution is 6.41. The van der Waals surface area contributed by atoms with Gasteiger partial charge in [-0.3, -0.25) is 9.59 Å². The Balaban J connectivity index is 1.86. The van der Waals surface area contributed by atoms with Gasteiger partial charge in [0.2, 0.25) is 0 Å². The van der Waals surface area contributed by atoms with Crippen molar-refractivity contribution in [2.45, 2.75) is 6.92 Å². The molecule has 8 heteroatoms. The van der Waals surface area contributed by atoms with Crippen LogP contribution in [0.15, 0.2) is 53.5 Å². The molecule has 6 nitrogen and oxygen atoms in total. The van der Waals surface area contributed by atoms with Crippen LogP contribution in [0.5, 0.6) is 5.75 Å². The summed E-state index contributed by atoms with van der Waals surface area (Å²) in [5, 5.41) is 16.3. The summed E-state index contributed by atoms with van der Waals surface area (Å²) in [5.41, 5.74) is 1.45. The third kappa shape index (κ3) is 3.56. The lowest BCUT2D eigenvalue weighted by molar-refractivity contribution is 0.102. The third-order valence-corrected chi connectivity index (χ3v) is 4.40. The molecule has 0 aliphatic heterocycles. The number of hydrogen-bond acceptors (Lipinski definition) is 4. The van der Waals surface area contributed by atoms with Crippen LogP contribution in [0.1, 0.15) is 15.9 Å². The summed E-state index contributed by atoms with van der Waals surface area (Å²) in [4.78, 5) is 24.4. The van der Waals surface area contributed by atoms with Gasteiger partial charge in [0.15, 0.2) is 0 Å². The monoisotopic (exact) mass is 389 g/mol. The van der Waals surface area contributed by atoms with Crippen molar-refractivity contribution in [3.05, 3.63) is 80.2 Å². The molecule has 0 spiro atoms. The zero-order chi connectivity index (χ0) is 18.8. The minimum Gasteiger partial charge on any atom is -0.506 e. The van der Waals surface area contributed by atoms with E-state index >= 15 is 0 Å². The van der Waals surface area contributed by atoms with Crippen LogP contribution in [0.25, 0.3) is 5.69 Å². The number of hydrogen-bond donors (Lipinski definition) is 2. The van der Waals surface area contributed by atoms with Crippen LogP contribution >= 0.6 is 23.2 Å². The number of benzene rings is 2. The molecule has 26 heavy (non-hydrogen) atoms. The van der Waals surface area contributed by atoms with Crippen molar-refractivity contribution in [1.29, 1.82) is 0 Å². The molecule has 3 rings (SSSR count). The van der Waals surface area contributed by atoms with Gasteiger partial charge >= 0.3 is 0 Å². The molecule has 0 fully saturated rings. The second-order valence-corrected chi connectivity index (χ2v) is 6.33. The summed E-state index contributed by atoms with van der Waals surface area (Å²) >= 11 is 11.6. The van der Waals surface area contributed by atoms with Crippen LogP contribution in [0.4, 0.5) is 5.69 Å². The van der Waals surface area contributed by atoms with Crippen LogP contribution in [0.2, 0.25) is 10.0 Å². The largest absolute Gasteiger partial charge is 0.506 e. The number of aromatic hydroxyl groups is 1. The van der Waals surface area contributed by atoms with E-state index in [1.54, 1.807) is 24.3 Å². The predicted molar refractivity (Wildman–Crippen MR) is 101 cm³/mol. The number of amides is 1. The molecule has 0 bridgehead atoms. The molecule has 0 radical (unpaired) electrons. The van der Waals surface area contributed by atoms with Gasteiger partial charge in [-0.15, -0.1) is 0 Å². The van der Waals surface area contributed by atoms with Gasteiger partial charge in [0, 0.05) is 5.56 Å². The molecule has 0 aliphatic rings. The normalized spacial score (nSPS) is 10.6. The minimum atomic E-state index is -0.555. The van der Waals surface area contributed by atoms with Gasteiger partial charge < -0.3 is 10.4 Å². The van der Waals surface area contributed by atoms with Gasteiger partial charge in [0.25, 0.3) is 11.5 Å². The maximum Gasteiger partial charge on any atom is 0.291 e. The Bertz CT molecular complexity index is 1050. The van der Waals surface area contributed by atoms with Gasteiger partial charge in [-0.2, -0.15) is 9.78 Å². The molecule has 0 unspecified atom stereocenters. The second kappa shape index (κ2) is 7.19. The fourth-order valence-electron chi connectivity index (χ4n) is 2.30. The number of aromatic nitrogens is 2. The maximum absolute atomic E-state index is 12.3. The number of halogens is 2. The average molecular weight is 390 g/mol. The lowest BCUT2D eigenvalue weighted by Gasteiger charge is -2.09. The lowest BCUT2D eigenvalue weighted by Crippen LogP contribution is -2.21. The molecule has 0 atom stereocenters. The molecule has 0 saturated carbocycles. The summed E-state index contributed by atoms with van der Waals surface area (Å²) in [6, 6.07) is 11.1. The predicted octanol–water partition coefficient (Wildman–Crippen LogP) is 3.81. The van der Waals surface area contributed by atoms with Crippen LogP contribution in [0.3, 0.4) is 0 Å². The first-order valence-electron chi connectivity index (χ1n) is 7.51. The first-order valence-corrected chi connectivity index (χ1v) is 8.27. The Kier molecular flexibility index (Phi) is 4.97. The Morgan fingerprint density at radius 2 is 1.85 bits per heavy atom. The first-order chi connectivity index (χ1) is 12.4.